The lowest BCUT2D eigenvalue weighted by molar-refractivity contribution is 0.0773. The Morgan fingerprint density at radius 1 is 1.26 bits per heavy atom. The molecule has 5 heteroatoms. The molecule has 1 aromatic heterocycles. The molecule has 0 radical (unpaired) electrons. The van der Waals surface area contributed by atoms with Gasteiger partial charge in [0, 0.05) is 24.3 Å². The second-order valence-corrected chi connectivity index (χ2v) is 4.56. The molecule has 0 bridgehead atoms. The van der Waals surface area contributed by atoms with Gasteiger partial charge in [-0.25, -0.2) is 4.68 Å². The van der Waals surface area contributed by atoms with Crippen molar-refractivity contribution in [3.05, 3.63) is 47.2 Å². The largest absolute Gasteiger partial charge is 0.339 e. The smallest absolute Gasteiger partial charge is 0.257 e. The van der Waals surface area contributed by atoms with Crippen LogP contribution < -0.4 is 0 Å². The number of carbonyl (C=O) groups excluding carboxylic acids is 1. The molecule has 2 aromatic rings. The van der Waals surface area contributed by atoms with Crippen LogP contribution in [0.2, 0.25) is 5.02 Å². The van der Waals surface area contributed by atoms with Crippen LogP contribution >= 0.6 is 11.6 Å². The summed E-state index contributed by atoms with van der Waals surface area (Å²) in [5, 5.41) is 4.89. The first-order chi connectivity index (χ1) is 9.15. The molecule has 0 saturated carbocycles. The van der Waals surface area contributed by atoms with Gasteiger partial charge in [0.1, 0.15) is 0 Å². The molecule has 1 heterocycles. The van der Waals surface area contributed by atoms with Crippen LogP contribution in [0.4, 0.5) is 0 Å². The van der Waals surface area contributed by atoms with Gasteiger partial charge >= 0.3 is 0 Å². The molecule has 100 valence electrons. The van der Waals surface area contributed by atoms with E-state index < -0.39 is 0 Å². The summed E-state index contributed by atoms with van der Waals surface area (Å²) in [4.78, 5) is 13.9. The number of nitrogens with zero attached hydrogens (tertiary/aromatic N) is 3. The van der Waals surface area contributed by atoms with Crippen molar-refractivity contribution in [2.75, 3.05) is 13.1 Å². The molecule has 0 atom stereocenters. The fourth-order valence-corrected chi connectivity index (χ4v) is 1.99. The fourth-order valence-electron chi connectivity index (χ4n) is 1.86. The molecule has 4 nitrogen and oxygen atoms in total. The summed E-state index contributed by atoms with van der Waals surface area (Å²) < 4.78 is 1.67. The number of benzene rings is 1. The van der Waals surface area contributed by atoms with Crippen molar-refractivity contribution >= 4 is 17.5 Å². The maximum absolute atomic E-state index is 12.2. The lowest BCUT2D eigenvalue weighted by Crippen LogP contribution is -2.30. The van der Waals surface area contributed by atoms with Crippen LogP contribution in [0.5, 0.6) is 0 Å². The summed E-state index contributed by atoms with van der Waals surface area (Å²) in [7, 11) is 0. The Hall–Kier alpha value is -1.81. The summed E-state index contributed by atoms with van der Waals surface area (Å²) >= 11 is 5.84. The highest BCUT2D eigenvalue weighted by Crippen LogP contribution is 2.14. The zero-order valence-corrected chi connectivity index (χ0v) is 11.8. The van der Waals surface area contributed by atoms with Crippen molar-refractivity contribution in [1.82, 2.24) is 14.7 Å². The number of rotatable bonds is 4. The van der Waals surface area contributed by atoms with Gasteiger partial charge in [-0.05, 0) is 38.1 Å². The van der Waals surface area contributed by atoms with Gasteiger partial charge in [0.15, 0.2) is 0 Å². The second-order valence-electron chi connectivity index (χ2n) is 4.13. The summed E-state index contributed by atoms with van der Waals surface area (Å²) in [5.74, 6) is 0.00483. The van der Waals surface area contributed by atoms with E-state index >= 15 is 0 Å². The molecular weight excluding hydrogens is 262 g/mol. The highest BCUT2D eigenvalue weighted by atomic mass is 35.5. The van der Waals surface area contributed by atoms with E-state index in [2.05, 4.69) is 5.10 Å². The van der Waals surface area contributed by atoms with Crippen molar-refractivity contribution in [3.63, 3.8) is 0 Å². The molecule has 2 rings (SSSR count). The van der Waals surface area contributed by atoms with E-state index in [9.17, 15) is 4.79 Å². The molecule has 0 spiro atoms. The maximum atomic E-state index is 12.2. The topological polar surface area (TPSA) is 38.1 Å². The number of carbonyl (C=O) groups is 1. The number of amides is 1. The number of halogens is 1. The van der Waals surface area contributed by atoms with Crippen LogP contribution in [0.1, 0.15) is 24.2 Å². The van der Waals surface area contributed by atoms with E-state index in [4.69, 9.17) is 11.6 Å². The lowest BCUT2D eigenvalue weighted by Gasteiger charge is -2.17. The minimum atomic E-state index is 0.00483. The van der Waals surface area contributed by atoms with Gasteiger partial charge in [-0.3, -0.25) is 4.79 Å². The van der Waals surface area contributed by atoms with Crippen LogP contribution in [0.15, 0.2) is 36.7 Å². The monoisotopic (exact) mass is 277 g/mol. The van der Waals surface area contributed by atoms with Gasteiger partial charge in [-0.2, -0.15) is 5.10 Å². The first kappa shape index (κ1) is 13.6. The van der Waals surface area contributed by atoms with Crippen LogP contribution in [0.25, 0.3) is 5.69 Å². The van der Waals surface area contributed by atoms with Gasteiger partial charge in [0.05, 0.1) is 17.4 Å². The number of hydrogen-bond acceptors (Lipinski definition) is 2. The normalized spacial score (nSPS) is 10.5. The number of aromatic nitrogens is 2. The van der Waals surface area contributed by atoms with Crippen molar-refractivity contribution in [3.8, 4) is 5.69 Å². The molecule has 0 aliphatic carbocycles. The Morgan fingerprint density at radius 2 is 1.89 bits per heavy atom. The van der Waals surface area contributed by atoms with Gasteiger partial charge in [0.2, 0.25) is 0 Å². The summed E-state index contributed by atoms with van der Waals surface area (Å²) in [5.41, 5.74) is 1.47. The van der Waals surface area contributed by atoms with E-state index in [0.717, 1.165) is 5.69 Å². The van der Waals surface area contributed by atoms with Gasteiger partial charge < -0.3 is 4.90 Å². The van der Waals surface area contributed by atoms with E-state index in [0.29, 0.717) is 23.7 Å². The van der Waals surface area contributed by atoms with Crippen LogP contribution in [0, 0.1) is 0 Å². The lowest BCUT2D eigenvalue weighted by atomic mass is 10.3. The first-order valence-corrected chi connectivity index (χ1v) is 6.63. The van der Waals surface area contributed by atoms with Crippen molar-refractivity contribution in [1.29, 1.82) is 0 Å². The molecule has 0 fully saturated rings. The third-order valence-electron chi connectivity index (χ3n) is 2.97. The van der Waals surface area contributed by atoms with Gasteiger partial charge in [-0.1, -0.05) is 11.6 Å². The highest BCUT2D eigenvalue weighted by molar-refractivity contribution is 6.30. The van der Waals surface area contributed by atoms with Gasteiger partial charge in [-0.15, -0.1) is 0 Å². The second kappa shape index (κ2) is 5.89. The predicted molar refractivity (Wildman–Crippen MR) is 75.8 cm³/mol. The minimum absolute atomic E-state index is 0.00483. The van der Waals surface area contributed by atoms with Crippen molar-refractivity contribution in [2.45, 2.75) is 13.8 Å². The zero-order valence-electron chi connectivity index (χ0n) is 11.0. The third-order valence-corrected chi connectivity index (χ3v) is 3.22. The summed E-state index contributed by atoms with van der Waals surface area (Å²) in [6.07, 6.45) is 3.33. The Morgan fingerprint density at radius 3 is 2.47 bits per heavy atom. The predicted octanol–water partition coefficient (Wildman–Crippen LogP) is 3.01. The van der Waals surface area contributed by atoms with Crippen LogP contribution in [-0.2, 0) is 0 Å². The molecule has 0 aliphatic rings. The van der Waals surface area contributed by atoms with E-state index in [-0.39, 0.29) is 5.91 Å². The van der Waals surface area contributed by atoms with Gasteiger partial charge in [0.25, 0.3) is 5.91 Å². The minimum Gasteiger partial charge on any atom is -0.339 e. The Bertz CT molecular complexity index is 558. The standard InChI is InChI=1S/C14H16ClN3O/c1-3-17(4-2)14(19)11-9-16-18(10-11)13-7-5-12(15)6-8-13/h5-10H,3-4H2,1-2H3. The van der Waals surface area contributed by atoms with Crippen LogP contribution in [0.3, 0.4) is 0 Å². The molecule has 19 heavy (non-hydrogen) atoms. The highest BCUT2D eigenvalue weighted by Gasteiger charge is 2.14. The fraction of sp³-hybridized carbons (Fsp3) is 0.286. The first-order valence-electron chi connectivity index (χ1n) is 6.25. The molecule has 0 N–H and O–H groups in total. The summed E-state index contributed by atoms with van der Waals surface area (Å²) in [6, 6.07) is 7.32. The average Bonchev–Trinajstić information content (AvgIpc) is 2.90. The third kappa shape index (κ3) is 2.96. The number of hydrogen-bond donors (Lipinski definition) is 0. The zero-order chi connectivity index (χ0) is 13.8. The van der Waals surface area contributed by atoms with E-state index in [1.165, 1.54) is 0 Å². The molecule has 0 saturated heterocycles. The molecule has 1 amide bonds. The maximum Gasteiger partial charge on any atom is 0.257 e. The van der Waals surface area contributed by atoms with E-state index in [1.807, 2.05) is 26.0 Å². The quantitative estimate of drug-likeness (QED) is 0.862. The van der Waals surface area contributed by atoms with E-state index in [1.54, 1.807) is 34.1 Å². The van der Waals surface area contributed by atoms with Crippen molar-refractivity contribution < 1.29 is 4.79 Å². The molecule has 0 aliphatic heterocycles. The Labute approximate surface area is 117 Å². The van der Waals surface area contributed by atoms with Crippen molar-refractivity contribution in [2.24, 2.45) is 0 Å². The molecule has 1 aromatic carbocycles. The summed E-state index contributed by atoms with van der Waals surface area (Å²) in [6.45, 7) is 5.32. The van der Waals surface area contributed by atoms with Crippen LogP contribution in [-0.4, -0.2) is 33.7 Å². The SMILES string of the molecule is CCN(CC)C(=O)c1cnn(-c2ccc(Cl)cc2)c1. The average molecular weight is 278 g/mol. The Kier molecular flexibility index (Phi) is 4.22. The molecular formula is C14H16ClN3O. The Balaban J connectivity index is 2.23. The molecule has 0 unspecified atom stereocenters.